The summed E-state index contributed by atoms with van der Waals surface area (Å²) in [5.41, 5.74) is 0.356. The van der Waals surface area contributed by atoms with Gasteiger partial charge in [-0.1, -0.05) is 5.16 Å². The van der Waals surface area contributed by atoms with E-state index >= 15 is 0 Å². The fraction of sp³-hybridized carbons (Fsp3) is 0.444. The molecule has 7 nitrogen and oxygen atoms in total. The van der Waals surface area contributed by atoms with E-state index in [2.05, 4.69) is 10.1 Å². The minimum Gasteiger partial charge on any atom is -0.494 e. The number of carboxylic acid groups (broad SMARTS) is 1. The van der Waals surface area contributed by atoms with Gasteiger partial charge >= 0.3 is 5.97 Å². The fourth-order valence-corrected chi connectivity index (χ4v) is 3.14. The van der Waals surface area contributed by atoms with Gasteiger partial charge in [-0.25, -0.2) is 9.18 Å². The van der Waals surface area contributed by atoms with Crippen molar-refractivity contribution in [1.82, 2.24) is 10.1 Å². The molecule has 0 radical (unpaired) electrons. The third-order valence-electron chi connectivity index (χ3n) is 4.61. The molecule has 26 heavy (non-hydrogen) atoms. The van der Waals surface area contributed by atoms with E-state index in [1.165, 1.54) is 38.2 Å². The van der Waals surface area contributed by atoms with Gasteiger partial charge in [0.2, 0.25) is 0 Å². The predicted molar refractivity (Wildman–Crippen MR) is 94.4 cm³/mol. The van der Waals surface area contributed by atoms with Gasteiger partial charge in [-0.05, 0) is 44.1 Å². The second kappa shape index (κ2) is 7.74. The van der Waals surface area contributed by atoms with Gasteiger partial charge in [0, 0.05) is 25.7 Å². The van der Waals surface area contributed by atoms with E-state index in [0.29, 0.717) is 12.1 Å². The van der Waals surface area contributed by atoms with Crippen LogP contribution in [0.15, 0.2) is 22.7 Å². The lowest BCUT2D eigenvalue weighted by Gasteiger charge is -2.21. The van der Waals surface area contributed by atoms with Gasteiger partial charge in [-0.15, -0.1) is 0 Å². The number of rotatable bonds is 7. The monoisotopic (exact) mass is 363 g/mol. The second-order valence-corrected chi connectivity index (χ2v) is 6.34. The highest BCUT2D eigenvalue weighted by Gasteiger charge is 2.27. The van der Waals surface area contributed by atoms with Crippen molar-refractivity contribution in [3.63, 3.8) is 0 Å². The Kier molecular flexibility index (Phi) is 5.41. The first-order chi connectivity index (χ1) is 12.5. The molecule has 0 aliphatic carbocycles. The number of likely N-dealkylation sites (N-methyl/N-ethyl adjacent to an activating group) is 1. The summed E-state index contributed by atoms with van der Waals surface area (Å²) in [6.07, 6.45) is 2.40. The molecule has 140 valence electrons. The van der Waals surface area contributed by atoms with Crippen LogP contribution in [0.25, 0.3) is 11.3 Å². The van der Waals surface area contributed by atoms with Gasteiger partial charge in [0.15, 0.2) is 28.7 Å². The molecule has 1 saturated heterocycles. The van der Waals surface area contributed by atoms with Crippen LogP contribution in [0, 0.1) is 5.82 Å². The predicted octanol–water partition coefficient (Wildman–Crippen LogP) is 2.72. The number of benzene rings is 1. The van der Waals surface area contributed by atoms with Gasteiger partial charge in [0.25, 0.3) is 0 Å². The van der Waals surface area contributed by atoms with Gasteiger partial charge in [0.1, 0.15) is 0 Å². The highest BCUT2D eigenvalue weighted by molar-refractivity contribution is 5.99. The highest BCUT2D eigenvalue weighted by atomic mass is 19.1. The minimum atomic E-state index is -1.15. The maximum absolute atomic E-state index is 13.6. The van der Waals surface area contributed by atoms with Crippen LogP contribution in [0.4, 0.5) is 10.2 Å². The Balaban J connectivity index is 1.87. The van der Waals surface area contributed by atoms with Crippen molar-refractivity contribution in [2.75, 3.05) is 45.2 Å². The number of halogens is 1. The van der Waals surface area contributed by atoms with Crippen molar-refractivity contribution in [2.45, 2.75) is 12.8 Å². The van der Waals surface area contributed by atoms with Crippen LogP contribution in [0.1, 0.15) is 23.2 Å². The summed E-state index contributed by atoms with van der Waals surface area (Å²) in [6.45, 7) is 3.61. The Morgan fingerprint density at radius 2 is 2.15 bits per heavy atom. The molecule has 0 saturated carbocycles. The Bertz CT molecular complexity index is 787. The van der Waals surface area contributed by atoms with Crippen molar-refractivity contribution in [3.05, 3.63) is 29.6 Å². The Morgan fingerprint density at radius 1 is 1.42 bits per heavy atom. The van der Waals surface area contributed by atoms with Gasteiger partial charge in [0.05, 0.1) is 7.11 Å². The molecule has 8 heteroatoms. The molecule has 3 rings (SSSR count). The number of anilines is 1. The molecule has 2 heterocycles. The first-order valence-electron chi connectivity index (χ1n) is 8.51. The van der Waals surface area contributed by atoms with Crippen molar-refractivity contribution in [3.8, 4) is 17.1 Å². The molecule has 0 atom stereocenters. The van der Waals surface area contributed by atoms with Crippen LogP contribution in [0.5, 0.6) is 5.75 Å². The van der Waals surface area contributed by atoms with Crippen molar-refractivity contribution < 1.29 is 23.6 Å². The summed E-state index contributed by atoms with van der Waals surface area (Å²) >= 11 is 0. The summed E-state index contributed by atoms with van der Waals surface area (Å²) in [5, 5.41) is 13.6. The normalized spacial score (nSPS) is 14.6. The average molecular weight is 363 g/mol. The van der Waals surface area contributed by atoms with Crippen molar-refractivity contribution in [1.29, 1.82) is 0 Å². The van der Waals surface area contributed by atoms with Crippen LogP contribution < -0.4 is 9.64 Å². The van der Waals surface area contributed by atoms with Crippen LogP contribution in [0.3, 0.4) is 0 Å². The first kappa shape index (κ1) is 18.2. The fourth-order valence-electron chi connectivity index (χ4n) is 3.14. The number of nitrogens with zero attached hydrogens (tertiary/aromatic N) is 3. The van der Waals surface area contributed by atoms with Gasteiger partial charge < -0.3 is 24.2 Å². The summed E-state index contributed by atoms with van der Waals surface area (Å²) in [6, 6.07) is 4.05. The van der Waals surface area contributed by atoms with Crippen LogP contribution >= 0.6 is 0 Å². The maximum atomic E-state index is 13.6. The number of aromatic nitrogens is 1. The summed E-state index contributed by atoms with van der Waals surface area (Å²) in [4.78, 5) is 15.9. The number of hydrogen-bond acceptors (Lipinski definition) is 6. The Morgan fingerprint density at radius 3 is 2.81 bits per heavy atom. The maximum Gasteiger partial charge on any atom is 0.343 e. The lowest BCUT2D eigenvalue weighted by Crippen LogP contribution is -2.32. The van der Waals surface area contributed by atoms with Gasteiger partial charge in [-0.3, -0.25) is 0 Å². The molecule has 0 amide bonds. The lowest BCUT2D eigenvalue weighted by molar-refractivity contribution is 0.0698. The number of ether oxygens (including phenoxy) is 1. The van der Waals surface area contributed by atoms with Crippen LogP contribution in [-0.4, -0.2) is 61.5 Å². The largest absolute Gasteiger partial charge is 0.494 e. The zero-order valence-electron chi connectivity index (χ0n) is 14.9. The van der Waals surface area contributed by atoms with E-state index in [9.17, 15) is 14.3 Å². The number of methoxy groups -OCH3 is 1. The van der Waals surface area contributed by atoms with Crippen molar-refractivity contribution in [2.24, 2.45) is 0 Å². The molecule has 1 aromatic heterocycles. The summed E-state index contributed by atoms with van der Waals surface area (Å²) in [5.74, 6) is -1.32. The third kappa shape index (κ3) is 3.65. The number of carboxylic acids is 1. The lowest BCUT2D eigenvalue weighted by atomic mass is 10.1. The number of likely N-dealkylation sites (tertiary alicyclic amines) is 1. The SMILES string of the molecule is COc1cc(-c2onc(N(C)CCN3CCCC3)c2C(=O)O)ccc1F. The summed E-state index contributed by atoms with van der Waals surface area (Å²) < 4.78 is 23.9. The molecule has 0 bridgehead atoms. The van der Waals surface area contributed by atoms with E-state index < -0.39 is 11.8 Å². The molecule has 0 unspecified atom stereocenters. The van der Waals surface area contributed by atoms with E-state index in [1.807, 2.05) is 0 Å². The van der Waals surface area contributed by atoms with Gasteiger partial charge in [-0.2, -0.15) is 0 Å². The molecular formula is C18H22FN3O4. The van der Waals surface area contributed by atoms with E-state index in [4.69, 9.17) is 9.26 Å². The summed E-state index contributed by atoms with van der Waals surface area (Å²) in [7, 11) is 3.13. The van der Waals surface area contributed by atoms with Crippen LogP contribution in [0.2, 0.25) is 0 Å². The Labute approximate surface area is 150 Å². The molecule has 1 aliphatic rings. The molecule has 1 aliphatic heterocycles. The van der Waals surface area contributed by atoms with Crippen molar-refractivity contribution >= 4 is 11.8 Å². The number of aromatic carboxylic acids is 1. The number of hydrogen-bond donors (Lipinski definition) is 1. The Hall–Kier alpha value is -2.61. The molecule has 2 aromatic rings. The minimum absolute atomic E-state index is 0.0131. The molecular weight excluding hydrogens is 341 g/mol. The van der Waals surface area contributed by atoms with Crippen LogP contribution in [-0.2, 0) is 0 Å². The third-order valence-corrected chi connectivity index (χ3v) is 4.61. The molecule has 1 fully saturated rings. The second-order valence-electron chi connectivity index (χ2n) is 6.34. The molecule has 1 N–H and O–H groups in total. The molecule has 0 spiro atoms. The van der Waals surface area contributed by atoms with E-state index in [1.54, 1.807) is 11.9 Å². The van der Waals surface area contributed by atoms with E-state index in [-0.39, 0.29) is 22.9 Å². The highest BCUT2D eigenvalue weighted by Crippen LogP contribution is 2.33. The molecule has 1 aromatic carbocycles. The smallest absolute Gasteiger partial charge is 0.343 e. The zero-order chi connectivity index (χ0) is 18.7. The zero-order valence-corrected chi connectivity index (χ0v) is 14.9. The topological polar surface area (TPSA) is 79.0 Å². The van der Waals surface area contributed by atoms with E-state index in [0.717, 1.165) is 19.6 Å². The quantitative estimate of drug-likeness (QED) is 0.810. The average Bonchev–Trinajstić information content (AvgIpc) is 3.29. The first-order valence-corrected chi connectivity index (χ1v) is 8.51. The standard InChI is InChI=1S/C18H22FN3O4/c1-21(9-10-22-7-3-4-8-22)17-15(18(23)24)16(26-20-17)12-5-6-13(19)14(11-12)25-2/h5-6,11H,3-4,7-10H2,1-2H3,(H,23,24). The number of carbonyl (C=O) groups is 1.